The minimum Gasteiger partial charge on any atom is -0.456 e. The third kappa shape index (κ3) is 4.51. The molecule has 15 rings (SSSR count). The summed E-state index contributed by atoms with van der Waals surface area (Å²) in [6, 6.07) is 63.1. The van der Waals surface area contributed by atoms with Crippen molar-refractivity contribution < 1.29 is 13.3 Å². The molecule has 0 bridgehead atoms. The third-order valence-corrected chi connectivity index (χ3v) is 13.2. The summed E-state index contributed by atoms with van der Waals surface area (Å²) >= 11 is 0. The predicted molar refractivity (Wildman–Crippen MR) is 259 cm³/mol. The highest BCUT2D eigenvalue weighted by molar-refractivity contribution is 6.34. The summed E-state index contributed by atoms with van der Waals surface area (Å²) in [6.45, 7) is 0. The Kier molecular flexibility index (Phi) is 6.56. The minimum atomic E-state index is 0.485. The lowest BCUT2D eigenvalue weighted by molar-refractivity contribution is 0.668. The number of fused-ring (bicyclic) bond motifs is 12. The van der Waals surface area contributed by atoms with Crippen molar-refractivity contribution in [1.82, 2.24) is 19.5 Å². The zero-order valence-electron chi connectivity index (χ0n) is 33.8. The third-order valence-electron chi connectivity index (χ3n) is 13.2. The van der Waals surface area contributed by atoms with Crippen LogP contribution in [0, 0.1) is 0 Å². The van der Waals surface area contributed by atoms with Gasteiger partial charge in [0.25, 0.3) is 0 Å². The van der Waals surface area contributed by atoms with E-state index in [1.165, 1.54) is 32.3 Å². The molecule has 7 heteroatoms. The van der Waals surface area contributed by atoms with Crippen LogP contribution in [0.15, 0.2) is 195 Å². The lowest BCUT2D eigenvalue weighted by atomic mass is 9.95. The molecule has 0 N–H and O–H groups in total. The topological polar surface area (TPSA) is 83.0 Å². The largest absolute Gasteiger partial charge is 0.456 e. The lowest BCUT2D eigenvalue weighted by Crippen LogP contribution is -2.02. The maximum atomic E-state index is 6.79. The molecule has 0 radical (unpaired) electrons. The van der Waals surface area contributed by atoms with Gasteiger partial charge in [0.1, 0.15) is 33.5 Å². The first-order valence-electron chi connectivity index (χ1n) is 21.4. The van der Waals surface area contributed by atoms with Gasteiger partial charge in [-0.15, -0.1) is 0 Å². The van der Waals surface area contributed by atoms with E-state index in [2.05, 4.69) is 108 Å². The number of furan rings is 3. The average Bonchev–Trinajstić information content (AvgIpc) is 4.12. The van der Waals surface area contributed by atoms with Gasteiger partial charge in [-0.2, -0.15) is 0 Å². The fourth-order valence-corrected chi connectivity index (χ4v) is 10.5. The molecule has 0 aliphatic carbocycles. The number of para-hydroxylation sites is 5. The first-order valence-corrected chi connectivity index (χ1v) is 21.4. The Bertz CT molecular complexity index is 4230. The number of aromatic nitrogens is 4. The Morgan fingerprint density at radius 2 is 0.719 bits per heavy atom. The molecule has 0 saturated carbocycles. The Hall–Kier alpha value is -8.81. The van der Waals surface area contributed by atoms with Gasteiger partial charge in [-0.3, -0.25) is 0 Å². The van der Waals surface area contributed by atoms with Crippen LogP contribution in [0.5, 0.6) is 0 Å². The molecule has 0 unspecified atom stereocenters. The summed E-state index contributed by atoms with van der Waals surface area (Å²) in [6.07, 6.45) is 0. The molecule has 0 saturated heterocycles. The van der Waals surface area contributed by atoms with Crippen molar-refractivity contribution in [1.29, 1.82) is 0 Å². The summed E-state index contributed by atoms with van der Waals surface area (Å²) in [5, 5.41) is 13.4. The SMILES string of the molecule is c1ccc2c(c1)oc1c(-c3nc(-c4cccc5c4oc4ccccc45)nc(-c4cc(-n5c6cccc7c8ccccc8c8cccc5c8c76)cc5oc6ccccc6c45)n3)cccc12. The van der Waals surface area contributed by atoms with Gasteiger partial charge in [0.05, 0.1) is 27.8 Å². The van der Waals surface area contributed by atoms with Crippen molar-refractivity contribution in [2.75, 3.05) is 0 Å². The van der Waals surface area contributed by atoms with Crippen LogP contribution in [0.2, 0.25) is 0 Å². The fraction of sp³-hybridized carbons (Fsp3) is 0. The van der Waals surface area contributed by atoms with E-state index in [9.17, 15) is 0 Å². The molecule has 5 aromatic heterocycles. The molecule has 7 nitrogen and oxygen atoms in total. The molecule has 5 heterocycles. The Labute approximate surface area is 362 Å². The standard InChI is InChI=1S/C57H30N4O3/c1-2-14-33-32(13-1)36-18-11-24-44-51(36)52-37(33)19-12-25-45(52)61(44)31-29-43(50-40-17-5-8-28-48(40)62-49(50)30-31)57-59-55(41-22-9-20-38-34-15-3-6-26-46(34)63-53(38)41)58-56(60-57)42-23-10-21-39-35-16-4-7-27-47(35)64-54(39)42/h1-30H. The number of hydrogen-bond acceptors (Lipinski definition) is 6. The van der Waals surface area contributed by atoms with Crippen molar-refractivity contribution in [2.45, 2.75) is 0 Å². The minimum absolute atomic E-state index is 0.485. The molecule has 0 aliphatic rings. The quantitative estimate of drug-likeness (QED) is 0.165. The molecule has 0 spiro atoms. The monoisotopic (exact) mass is 818 g/mol. The fourth-order valence-electron chi connectivity index (χ4n) is 10.5. The molecular weight excluding hydrogens is 789 g/mol. The normalized spacial score (nSPS) is 12.4. The van der Waals surface area contributed by atoms with Crippen LogP contribution in [0.4, 0.5) is 0 Å². The molecule has 10 aromatic carbocycles. The van der Waals surface area contributed by atoms with Crippen LogP contribution < -0.4 is 0 Å². The molecule has 64 heavy (non-hydrogen) atoms. The second-order valence-corrected chi connectivity index (χ2v) is 16.6. The van der Waals surface area contributed by atoms with E-state index >= 15 is 0 Å². The average molecular weight is 819 g/mol. The summed E-state index contributed by atoms with van der Waals surface area (Å²) in [5.41, 5.74) is 10.0. The van der Waals surface area contributed by atoms with Gasteiger partial charge >= 0.3 is 0 Å². The van der Waals surface area contributed by atoms with Crippen LogP contribution >= 0.6 is 0 Å². The van der Waals surface area contributed by atoms with E-state index in [1.807, 2.05) is 78.9 Å². The van der Waals surface area contributed by atoms with Crippen molar-refractivity contribution in [2.24, 2.45) is 0 Å². The van der Waals surface area contributed by atoms with Crippen molar-refractivity contribution in [3.05, 3.63) is 182 Å². The highest BCUT2D eigenvalue weighted by atomic mass is 16.3. The van der Waals surface area contributed by atoms with Crippen LogP contribution in [-0.2, 0) is 0 Å². The number of benzene rings is 10. The van der Waals surface area contributed by atoms with Crippen molar-refractivity contribution >= 4 is 109 Å². The van der Waals surface area contributed by atoms with Gasteiger partial charge in [-0.05, 0) is 70.1 Å². The van der Waals surface area contributed by atoms with Gasteiger partial charge in [0, 0.05) is 54.7 Å². The Morgan fingerprint density at radius 3 is 1.27 bits per heavy atom. The lowest BCUT2D eigenvalue weighted by Gasteiger charge is -2.13. The smallest absolute Gasteiger partial charge is 0.167 e. The van der Waals surface area contributed by atoms with Crippen LogP contribution in [0.1, 0.15) is 0 Å². The zero-order valence-corrected chi connectivity index (χ0v) is 33.8. The second-order valence-electron chi connectivity index (χ2n) is 16.6. The van der Waals surface area contributed by atoms with E-state index in [0.29, 0.717) is 28.6 Å². The molecule has 0 aliphatic heterocycles. The molecule has 0 atom stereocenters. The van der Waals surface area contributed by atoms with Crippen molar-refractivity contribution in [3.8, 4) is 39.9 Å². The van der Waals surface area contributed by atoms with E-state index < -0.39 is 0 Å². The van der Waals surface area contributed by atoms with E-state index in [-0.39, 0.29) is 0 Å². The van der Waals surface area contributed by atoms with Crippen LogP contribution in [0.25, 0.3) is 149 Å². The van der Waals surface area contributed by atoms with Gasteiger partial charge < -0.3 is 17.8 Å². The summed E-state index contributed by atoms with van der Waals surface area (Å²) in [7, 11) is 0. The molecular formula is C57H30N4O3. The second kappa shape index (κ2) is 12.4. The van der Waals surface area contributed by atoms with E-state index in [4.69, 9.17) is 28.2 Å². The number of nitrogens with zero attached hydrogens (tertiary/aromatic N) is 4. The summed E-state index contributed by atoms with van der Waals surface area (Å²) in [4.78, 5) is 16.2. The van der Waals surface area contributed by atoms with Crippen LogP contribution in [-0.4, -0.2) is 19.5 Å². The van der Waals surface area contributed by atoms with Crippen molar-refractivity contribution in [3.63, 3.8) is 0 Å². The Morgan fingerprint density at radius 1 is 0.297 bits per heavy atom. The molecule has 0 amide bonds. The maximum Gasteiger partial charge on any atom is 0.167 e. The molecule has 15 aromatic rings. The highest BCUT2D eigenvalue weighted by Crippen LogP contribution is 2.46. The number of rotatable bonds is 4. The van der Waals surface area contributed by atoms with E-state index in [0.717, 1.165) is 88.1 Å². The summed E-state index contributed by atoms with van der Waals surface area (Å²) < 4.78 is 22.4. The number of hydrogen-bond donors (Lipinski definition) is 0. The molecule has 0 fully saturated rings. The predicted octanol–water partition coefficient (Wildman–Crippen LogP) is 15.4. The first kappa shape index (κ1) is 33.9. The van der Waals surface area contributed by atoms with Gasteiger partial charge in [0.15, 0.2) is 17.5 Å². The molecule has 296 valence electrons. The van der Waals surface area contributed by atoms with Gasteiger partial charge in [-0.25, -0.2) is 15.0 Å². The maximum absolute atomic E-state index is 6.79. The van der Waals surface area contributed by atoms with Gasteiger partial charge in [-0.1, -0.05) is 127 Å². The zero-order chi connectivity index (χ0) is 41.6. The Balaban J connectivity index is 1.07. The van der Waals surface area contributed by atoms with E-state index in [1.54, 1.807) is 0 Å². The van der Waals surface area contributed by atoms with Crippen LogP contribution in [0.3, 0.4) is 0 Å². The summed E-state index contributed by atoms with van der Waals surface area (Å²) in [5.74, 6) is 1.47. The first-order chi connectivity index (χ1) is 31.7. The van der Waals surface area contributed by atoms with Gasteiger partial charge in [0.2, 0.25) is 0 Å². The highest BCUT2D eigenvalue weighted by Gasteiger charge is 2.25.